The van der Waals surface area contributed by atoms with Gasteiger partial charge in [0.25, 0.3) is 0 Å². The molecule has 2 N–H and O–H groups in total. The highest BCUT2D eigenvalue weighted by atomic mass is 35.5. The first-order valence-electron chi connectivity index (χ1n) is 6.30. The first-order valence-corrected chi connectivity index (χ1v) is 7.50. The molecule has 1 unspecified atom stereocenters. The van der Waals surface area contributed by atoms with Crippen molar-refractivity contribution in [3.05, 3.63) is 33.5 Å². The minimum absolute atomic E-state index is 0.200. The standard InChI is InChI=1S/C13H14ClN5S/c1-7(5-9-4-3-8(2)20-9)17-12-10-11(16-6-15-10)18-13(14)19-12/h3-4,6-7H,5H2,1-2H3,(H2,15,16,17,18,19). The highest BCUT2D eigenvalue weighted by Gasteiger charge is 2.12. The number of hydrogen-bond donors (Lipinski definition) is 2. The van der Waals surface area contributed by atoms with Gasteiger partial charge >= 0.3 is 0 Å². The summed E-state index contributed by atoms with van der Waals surface area (Å²) in [5, 5.41) is 3.57. The van der Waals surface area contributed by atoms with Crippen molar-refractivity contribution in [2.75, 3.05) is 5.32 Å². The second-order valence-electron chi connectivity index (χ2n) is 4.70. The van der Waals surface area contributed by atoms with Crippen LogP contribution in [0.25, 0.3) is 11.2 Å². The summed E-state index contributed by atoms with van der Waals surface area (Å²) in [5.41, 5.74) is 1.36. The number of nitrogens with zero attached hydrogens (tertiary/aromatic N) is 3. The number of aromatic amines is 1. The maximum Gasteiger partial charge on any atom is 0.226 e. The molecule has 0 saturated carbocycles. The number of hydrogen-bond acceptors (Lipinski definition) is 5. The van der Waals surface area contributed by atoms with E-state index >= 15 is 0 Å². The molecule has 0 amide bonds. The molecule has 0 spiro atoms. The fourth-order valence-electron chi connectivity index (χ4n) is 2.09. The first-order chi connectivity index (χ1) is 9.61. The summed E-state index contributed by atoms with van der Waals surface area (Å²) < 4.78 is 0. The lowest BCUT2D eigenvalue weighted by Crippen LogP contribution is -2.18. The van der Waals surface area contributed by atoms with Gasteiger partial charge in [0.15, 0.2) is 11.5 Å². The summed E-state index contributed by atoms with van der Waals surface area (Å²) in [4.78, 5) is 18.1. The maximum atomic E-state index is 5.91. The van der Waals surface area contributed by atoms with Crippen molar-refractivity contribution < 1.29 is 0 Å². The van der Waals surface area contributed by atoms with Crippen LogP contribution in [0.15, 0.2) is 18.5 Å². The van der Waals surface area contributed by atoms with Crippen LogP contribution in [0.3, 0.4) is 0 Å². The van der Waals surface area contributed by atoms with Crippen LogP contribution in [0.2, 0.25) is 5.28 Å². The SMILES string of the molecule is Cc1ccc(CC(C)Nc2nc(Cl)nc3nc[nH]c23)s1. The Balaban J connectivity index is 1.80. The topological polar surface area (TPSA) is 66.5 Å². The monoisotopic (exact) mass is 307 g/mol. The molecule has 3 aromatic heterocycles. The number of aryl methyl sites for hydroxylation is 1. The molecule has 3 aromatic rings. The van der Waals surface area contributed by atoms with Gasteiger partial charge in [-0.05, 0) is 37.6 Å². The van der Waals surface area contributed by atoms with E-state index in [2.05, 4.69) is 51.2 Å². The Morgan fingerprint density at radius 3 is 3.00 bits per heavy atom. The predicted octanol–water partition coefficient (Wildman–Crippen LogP) is 3.42. The Hall–Kier alpha value is -1.66. The van der Waals surface area contributed by atoms with Crippen molar-refractivity contribution in [2.24, 2.45) is 0 Å². The lowest BCUT2D eigenvalue weighted by molar-refractivity contribution is 0.795. The molecule has 0 radical (unpaired) electrons. The summed E-state index contributed by atoms with van der Waals surface area (Å²) in [7, 11) is 0. The van der Waals surface area contributed by atoms with E-state index in [1.54, 1.807) is 6.33 Å². The minimum Gasteiger partial charge on any atom is -0.365 e. The van der Waals surface area contributed by atoms with Gasteiger partial charge in [0.1, 0.15) is 5.52 Å². The maximum absolute atomic E-state index is 5.91. The largest absolute Gasteiger partial charge is 0.365 e. The average Bonchev–Trinajstić information content (AvgIpc) is 2.98. The van der Waals surface area contributed by atoms with E-state index in [0.717, 1.165) is 11.9 Å². The third-order valence-corrected chi connectivity index (χ3v) is 4.14. The van der Waals surface area contributed by atoms with Crippen molar-refractivity contribution in [2.45, 2.75) is 26.3 Å². The van der Waals surface area contributed by atoms with Gasteiger partial charge in [-0.15, -0.1) is 11.3 Å². The normalized spacial score (nSPS) is 12.8. The zero-order valence-electron chi connectivity index (χ0n) is 11.1. The van der Waals surface area contributed by atoms with E-state index in [-0.39, 0.29) is 11.3 Å². The Labute approximate surface area is 125 Å². The van der Waals surface area contributed by atoms with Crippen molar-refractivity contribution in [3.8, 4) is 0 Å². The van der Waals surface area contributed by atoms with E-state index in [4.69, 9.17) is 11.6 Å². The molecule has 104 valence electrons. The van der Waals surface area contributed by atoms with Crippen LogP contribution < -0.4 is 5.32 Å². The van der Waals surface area contributed by atoms with Gasteiger partial charge in [-0.3, -0.25) is 0 Å². The second-order valence-corrected chi connectivity index (χ2v) is 6.41. The van der Waals surface area contributed by atoms with Gasteiger partial charge in [-0.2, -0.15) is 9.97 Å². The molecule has 5 nitrogen and oxygen atoms in total. The molecule has 0 bridgehead atoms. The summed E-state index contributed by atoms with van der Waals surface area (Å²) in [6.45, 7) is 4.23. The number of fused-ring (bicyclic) bond motifs is 1. The fourth-order valence-corrected chi connectivity index (χ4v) is 3.28. The molecule has 20 heavy (non-hydrogen) atoms. The number of thiophene rings is 1. The smallest absolute Gasteiger partial charge is 0.226 e. The molecule has 3 rings (SSSR count). The Bertz CT molecular complexity index is 735. The summed E-state index contributed by atoms with van der Waals surface area (Å²) >= 11 is 7.73. The van der Waals surface area contributed by atoms with Crippen molar-refractivity contribution in [3.63, 3.8) is 0 Å². The summed E-state index contributed by atoms with van der Waals surface area (Å²) in [6, 6.07) is 4.55. The van der Waals surface area contributed by atoms with E-state index in [1.165, 1.54) is 9.75 Å². The number of aromatic nitrogens is 4. The number of anilines is 1. The molecule has 0 fully saturated rings. The van der Waals surface area contributed by atoms with E-state index in [1.807, 2.05) is 11.3 Å². The van der Waals surface area contributed by atoms with Crippen LogP contribution >= 0.6 is 22.9 Å². The Morgan fingerprint density at radius 2 is 2.25 bits per heavy atom. The second kappa shape index (κ2) is 5.38. The number of rotatable bonds is 4. The lowest BCUT2D eigenvalue weighted by atomic mass is 10.2. The Morgan fingerprint density at radius 1 is 1.40 bits per heavy atom. The highest BCUT2D eigenvalue weighted by Crippen LogP contribution is 2.21. The van der Waals surface area contributed by atoms with E-state index in [0.29, 0.717) is 11.5 Å². The highest BCUT2D eigenvalue weighted by molar-refractivity contribution is 7.11. The zero-order chi connectivity index (χ0) is 14.1. The Kier molecular flexibility index (Phi) is 3.58. The van der Waals surface area contributed by atoms with Crippen LogP contribution in [0.1, 0.15) is 16.7 Å². The average molecular weight is 308 g/mol. The minimum atomic E-state index is 0.200. The van der Waals surface area contributed by atoms with Crippen LogP contribution in [-0.4, -0.2) is 26.0 Å². The molecular weight excluding hydrogens is 294 g/mol. The van der Waals surface area contributed by atoms with Crippen LogP contribution in [-0.2, 0) is 6.42 Å². The van der Waals surface area contributed by atoms with Crippen LogP contribution in [0.5, 0.6) is 0 Å². The molecule has 0 saturated heterocycles. The van der Waals surface area contributed by atoms with Crippen LogP contribution in [0.4, 0.5) is 5.82 Å². The van der Waals surface area contributed by atoms with E-state index in [9.17, 15) is 0 Å². The van der Waals surface area contributed by atoms with Gasteiger partial charge < -0.3 is 10.3 Å². The first kappa shape index (κ1) is 13.3. The van der Waals surface area contributed by atoms with Crippen molar-refractivity contribution in [1.82, 2.24) is 19.9 Å². The lowest BCUT2D eigenvalue weighted by Gasteiger charge is -2.14. The van der Waals surface area contributed by atoms with Gasteiger partial charge in [-0.1, -0.05) is 0 Å². The van der Waals surface area contributed by atoms with Gasteiger partial charge in [0, 0.05) is 22.2 Å². The van der Waals surface area contributed by atoms with Gasteiger partial charge in [-0.25, -0.2) is 4.98 Å². The number of nitrogens with one attached hydrogen (secondary N) is 2. The fraction of sp³-hybridized carbons (Fsp3) is 0.308. The molecule has 0 aliphatic carbocycles. The molecule has 0 aliphatic heterocycles. The predicted molar refractivity (Wildman–Crippen MR) is 82.5 cm³/mol. The van der Waals surface area contributed by atoms with Crippen molar-refractivity contribution >= 4 is 39.9 Å². The molecule has 0 aromatic carbocycles. The van der Waals surface area contributed by atoms with E-state index < -0.39 is 0 Å². The number of H-pyrrole nitrogens is 1. The third kappa shape index (κ3) is 2.76. The van der Waals surface area contributed by atoms with Crippen LogP contribution in [0, 0.1) is 6.92 Å². The van der Waals surface area contributed by atoms with Gasteiger partial charge in [0.2, 0.25) is 5.28 Å². The van der Waals surface area contributed by atoms with Gasteiger partial charge in [0.05, 0.1) is 6.33 Å². The third-order valence-electron chi connectivity index (χ3n) is 2.94. The molecular formula is C13H14ClN5S. The molecule has 0 aliphatic rings. The zero-order valence-corrected chi connectivity index (χ0v) is 12.7. The molecule has 3 heterocycles. The summed E-state index contributed by atoms with van der Waals surface area (Å²) in [5.74, 6) is 0.693. The summed E-state index contributed by atoms with van der Waals surface area (Å²) in [6.07, 6.45) is 2.53. The number of halogens is 1. The quantitative estimate of drug-likeness (QED) is 0.725. The number of imidazole rings is 1. The molecule has 1 atom stereocenters. The van der Waals surface area contributed by atoms with Crippen molar-refractivity contribution in [1.29, 1.82) is 0 Å². The molecule has 7 heteroatoms.